The summed E-state index contributed by atoms with van der Waals surface area (Å²) in [5.74, 6) is -0.0412. The van der Waals surface area contributed by atoms with Crippen molar-refractivity contribution in [1.29, 1.82) is 0 Å². The fraction of sp³-hybridized carbons (Fsp3) is 0.538. The Labute approximate surface area is 202 Å². The van der Waals surface area contributed by atoms with Crippen molar-refractivity contribution in [2.75, 3.05) is 26.2 Å². The van der Waals surface area contributed by atoms with Gasteiger partial charge in [0, 0.05) is 31.7 Å². The number of piperazine rings is 1. The molecular formula is C26H35BN2O5. The first-order valence-electron chi connectivity index (χ1n) is 11.9. The zero-order valence-corrected chi connectivity index (χ0v) is 21.3. The number of nitrogens with zero attached hydrogens (tertiary/aromatic N) is 2. The lowest BCUT2D eigenvalue weighted by Gasteiger charge is -2.35. The summed E-state index contributed by atoms with van der Waals surface area (Å²) < 4.78 is 18.0. The smallest absolute Gasteiger partial charge is 0.444 e. The summed E-state index contributed by atoms with van der Waals surface area (Å²) in [6.45, 7) is 15.5. The Balaban J connectivity index is 1.54. The van der Waals surface area contributed by atoms with E-state index in [0.29, 0.717) is 31.7 Å². The SMILES string of the molecule is CC(C)(C)OC(=O)N1CCN(C(=O)c2cccc3c(B4OC(C)(C)C(C)(C)O4)cccc23)CC1. The van der Waals surface area contributed by atoms with Crippen molar-refractivity contribution in [2.24, 2.45) is 0 Å². The standard InChI is InChI=1S/C26H35BN2O5/c1-24(2,3)32-23(31)29-16-14-28(15-17-29)22(30)20-12-8-11-19-18(20)10-9-13-21(19)27-33-25(4,5)26(6,7)34-27/h8-13H,14-17H2,1-7H3. The molecule has 0 aromatic heterocycles. The van der Waals surface area contributed by atoms with Crippen LogP contribution >= 0.6 is 0 Å². The number of hydrogen-bond acceptors (Lipinski definition) is 5. The molecule has 0 atom stereocenters. The van der Waals surface area contributed by atoms with Crippen LogP contribution in [0.4, 0.5) is 4.79 Å². The molecule has 4 rings (SSSR count). The quantitative estimate of drug-likeness (QED) is 0.630. The van der Waals surface area contributed by atoms with E-state index in [1.165, 1.54) is 0 Å². The molecule has 0 unspecified atom stereocenters. The molecule has 182 valence electrons. The Morgan fingerprint density at radius 3 is 1.97 bits per heavy atom. The third kappa shape index (κ3) is 4.66. The van der Waals surface area contributed by atoms with Crippen molar-refractivity contribution in [3.8, 4) is 0 Å². The molecule has 0 radical (unpaired) electrons. The van der Waals surface area contributed by atoms with Crippen molar-refractivity contribution < 1.29 is 23.6 Å². The van der Waals surface area contributed by atoms with Gasteiger partial charge in [-0.3, -0.25) is 4.79 Å². The van der Waals surface area contributed by atoms with E-state index in [-0.39, 0.29) is 12.0 Å². The Hall–Kier alpha value is -2.58. The highest BCUT2D eigenvalue weighted by atomic mass is 16.7. The second-order valence-electron chi connectivity index (χ2n) is 11.1. The van der Waals surface area contributed by atoms with Gasteiger partial charge in [0.05, 0.1) is 11.2 Å². The molecule has 2 aromatic rings. The fourth-order valence-corrected chi connectivity index (χ4v) is 4.29. The van der Waals surface area contributed by atoms with Crippen LogP contribution in [0.1, 0.15) is 58.8 Å². The van der Waals surface area contributed by atoms with E-state index < -0.39 is 23.9 Å². The van der Waals surface area contributed by atoms with Gasteiger partial charge in [-0.05, 0) is 70.8 Å². The predicted molar refractivity (Wildman–Crippen MR) is 133 cm³/mol. The number of benzene rings is 2. The first kappa shape index (κ1) is 24.5. The van der Waals surface area contributed by atoms with Crippen LogP contribution in [0.25, 0.3) is 10.8 Å². The second-order valence-corrected chi connectivity index (χ2v) is 11.1. The summed E-state index contributed by atoms with van der Waals surface area (Å²) >= 11 is 0. The van der Waals surface area contributed by atoms with Crippen LogP contribution in [0.3, 0.4) is 0 Å². The maximum Gasteiger partial charge on any atom is 0.495 e. The summed E-state index contributed by atoms with van der Waals surface area (Å²) in [4.78, 5) is 29.3. The molecule has 34 heavy (non-hydrogen) atoms. The van der Waals surface area contributed by atoms with Gasteiger partial charge in [0.15, 0.2) is 0 Å². The average molecular weight is 466 g/mol. The largest absolute Gasteiger partial charge is 0.495 e. The number of ether oxygens (including phenoxy) is 1. The van der Waals surface area contributed by atoms with Gasteiger partial charge in [-0.2, -0.15) is 0 Å². The van der Waals surface area contributed by atoms with Gasteiger partial charge in [-0.25, -0.2) is 4.79 Å². The fourth-order valence-electron chi connectivity index (χ4n) is 4.29. The number of rotatable bonds is 2. The van der Waals surface area contributed by atoms with Crippen LogP contribution < -0.4 is 5.46 Å². The molecule has 0 spiro atoms. The monoisotopic (exact) mass is 466 g/mol. The van der Waals surface area contributed by atoms with Crippen molar-refractivity contribution >= 4 is 35.4 Å². The molecule has 8 heteroatoms. The van der Waals surface area contributed by atoms with Gasteiger partial charge < -0.3 is 23.8 Å². The summed E-state index contributed by atoms with van der Waals surface area (Å²) in [5, 5.41) is 1.81. The molecule has 2 aliphatic rings. The summed E-state index contributed by atoms with van der Waals surface area (Å²) in [6.07, 6.45) is -0.336. The minimum Gasteiger partial charge on any atom is -0.444 e. The zero-order chi connectivity index (χ0) is 24.9. The van der Waals surface area contributed by atoms with E-state index in [1.54, 1.807) is 9.80 Å². The number of fused-ring (bicyclic) bond motifs is 1. The Bertz CT molecular complexity index is 1080. The van der Waals surface area contributed by atoms with Crippen LogP contribution in [0.2, 0.25) is 0 Å². The number of hydrogen-bond donors (Lipinski definition) is 0. The first-order valence-corrected chi connectivity index (χ1v) is 11.9. The third-order valence-electron chi connectivity index (χ3n) is 6.91. The third-order valence-corrected chi connectivity index (χ3v) is 6.91. The zero-order valence-electron chi connectivity index (χ0n) is 21.3. The lowest BCUT2D eigenvalue weighted by Crippen LogP contribution is -2.51. The molecule has 0 aliphatic carbocycles. The van der Waals surface area contributed by atoms with Crippen molar-refractivity contribution in [1.82, 2.24) is 9.80 Å². The molecule has 7 nitrogen and oxygen atoms in total. The van der Waals surface area contributed by atoms with Gasteiger partial charge in [0.25, 0.3) is 5.91 Å². The van der Waals surface area contributed by atoms with Crippen LogP contribution in [0.15, 0.2) is 36.4 Å². The van der Waals surface area contributed by atoms with E-state index in [9.17, 15) is 9.59 Å². The lowest BCUT2D eigenvalue weighted by atomic mass is 9.75. The van der Waals surface area contributed by atoms with Gasteiger partial charge in [0.2, 0.25) is 0 Å². The number of amides is 2. The second kappa shape index (κ2) is 8.58. The van der Waals surface area contributed by atoms with Gasteiger partial charge in [0.1, 0.15) is 5.60 Å². The summed E-state index contributed by atoms with van der Waals surface area (Å²) in [6, 6.07) is 11.7. The molecule has 2 saturated heterocycles. The minimum absolute atomic E-state index is 0.0412. The van der Waals surface area contributed by atoms with Crippen LogP contribution in [-0.2, 0) is 14.0 Å². The molecule has 0 bridgehead atoms. The van der Waals surface area contributed by atoms with Crippen molar-refractivity contribution in [3.05, 3.63) is 42.0 Å². The van der Waals surface area contributed by atoms with Gasteiger partial charge in [-0.15, -0.1) is 0 Å². The first-order chi connectivity index (χ1) is 15.8. The van der Waals surface area contributed by atoms with Crippen LogP contribution in [0, 0.1) is 0 Å². The lowest BCUT2D eigenvalue weighted by molar-refractivity contribution is 0.00578. The number of carbonyl (C=O) groups is 2. The molecule has 0 N–H and O–H groups in total. The van der Waals surface area contributed by atoms with Gasteiger partial charge >= 0.3 is 13.2 Å². The molecule has 0 saturated carbocycles. The Morgan fingerprint density at radius 2 is 1.38 bits per heavy atom. The summed E-state index contributed by atoms with van der Waals surface area (Å²) in [7, 11) is -0.503. The highest BCUT2D eigenvalue weighted by molar-refractivity contribution is 6.65. The molecular weight excluding hydrogens is 431 g/mol. The minimum atomic E-state index is -0.540. The maximum absolute atomic E-state index is 13.5. The molecule has 2 amide bonds. The van der Waals surface area contributed by atoms with Crippen LogP contribution in [0.5, 0.6) is 0 Å². The average Bonchev–Trinajstić information content (AvgIpc) is 2.98. The maximum atomic E-state index is 13.5. The van der Waals surface area contributed by atoms with Gasteiger partial charge in [-0.1, -0.05) is 30.3 Å². The van der Waals surface area contributed by atoms with Crippen molar-refractivity contribution in [2.45, 2.75) is 65.3 Å². The van der Waals surface area contributed by atoms with E-state index in [4.69, 9.17) is 14.0 Å². The highest BCUT2D eigenvalue weighted by Gasteiger charge is 2.52. The predicted octanol–water partition coefficient (Wildman–Crippen LogP) is 3.83. The molecule has 2 aliphatic heterocycles. The Kier molecular flexibility index (Phi) is 6.19. The molecule has 2 heterocycles. The van der Waals surface area contributed by atoms with E-state index in [1.807, 2.05) is 84.9 Å². The van der Waals surface area contributed by atoms with E-state index in [2.05, 4.69) is 0 Å². The number of carbonyl (C=O) groups excluding carboxylic acids is 2. The topological polar surface area (TPSA) is 68.3 Å². The van der Waals surface area contributed by atoms with E-state index in [0.717, 1.165) is 16.2 Å². The van der Waals surface area contributed by atoms with E-state index >= 15 is 0 Å². The molecule has 2 aromatic carbocycles. The van der Waals surface area contributed by atoms with Crippen LogP contribution in [-0.4, -0.2) is 71.9 Å². The van der Waals surface area contributed by atoms with Crippen molar-refractivity contribution in [3.63, 3.8) is 0 Å². The highest BCUT2D eigenvalue weighted by Crippen LogP contribution is 2.37. The normalized spacial score (nSPS) is 20.0. The summed E-state index contributed by atoms with van der Waals surface area (Å²) in [5.41, 5.74) is 0.131. The molecule has 2 fully saturated rings. The Morgan fingerprint density at radius 1 is 0.853 bits per heavy atom.